The van der Waals surface area contributed by atoms with E-state index in [1.54, 1.807) is 49.6 Å². The molecule has 0 heterocycles. The standard InChI is InChI=1S/C26H30N2O5S/c1-4-23(20-15-17-21(32-3)18-16-20)27-26(29)19-28(24-13-9-10-14-25(24)33-5-2)34(30,31)22-11-7-6-8-12-22/h6-18,23H,4-5,19H2,1-3H3,(H,27,29)/t23-/m0/s1. The van der Waals surface area contributed by atoms with Crippen molar-refractivity contribution in [1.29, 1.82) is 0 Å². The van der Waals surface area contributed by atoms with Crippen molar-refractivity contribution in [1.82, 2.24) is 5.32 Å². The Bertz CT molecular complexity index is 1180. The highest BCUT2D eigenvalue weighted by molar-refractivity contribution is 7.92. The van der Waals surface area contributed by atoms with Crippen LogP contribution in [-0.2, 0) is 14.8 Å². The predicted molar refractivity (Wildman–Crippen MR) is 133 cm³/mol. The molecule has 1 atom stereocenters. The van der Waals surface area contributed by atoms with Gasteiger partial charge in [0.1, 0.15) is 18.0 Å². The zero-order valence-electron chi connectivity index (χ0n) is 19.6. The summed E-state index contributed by atoms with van der Waals surface area (Å²) in [6.07, 6.45) is 0.638. The fraction of sp³-hybridized carbons (Fsp3) is 0.269. The van der Waals surface area contributed by atoms with E-state index < -0.39 is 22.5 Å². The average Bonchev–Trinajstić information content (AvgIpc) is 2.87. The van der Waals surface area contributed by atoms with E-state index >= 15 is 0 Å². The Kier molecular flexibility index (Phi) is 8.54. The summed E-state index contributed by atoms with van der Waals surface area (Å²) in [6, 6.07) is 22.0. The molecule has 0 aromatic heterocycles. The molecule has 0 radical (unpaired) electrons. The largest absolute Gasteiger partial charge is 0.497 e. The van der Waals surface area contributed by atoms with Crippen LogP contribution in [0.5, 0.6) is 11.5 Å². The number of benzene rings is 3. The van der Waals surface area contributed by atoms with Gasteiger partial charge in [0.25, 0.3) is 10.0 Å². The Morgan fingerprint density at radius 3 is 2.21 bits per heavy atom. The first-order chi connectivity index (χ1) is 16.4. The normalized spacial score (nSPS) is 12.0. The second kappa shape index (κ2) is 11.6. The van der Waals surface area contributed by atoms with Gasteiger partial charge in [-0.3, -0.25) is 9.10 Å². The van der Waals surface area contributed by atoms with Gasteiger partial charge in [0.2, 0.25) is 5.91 Å². The van der Waals surface area contributed by atoms with Gasteiger partial charge in [0.05, 0.1) is 30.3 Å². The Morgan fingerprint density at radius 2 is 1.59 bits per heavy atom. The fourth-order valence-electron chi connectivity index (χ4n) is 3.59. The third-order valence-corrected chi connectivity index (χ3v) is 7.09. The molecule has 3 aromatic carbocycles. The molecule has 0 saturated carbocycles. The van der Waals surface area contributed by atoms with E-state index in [4.69, 9.17) is 9.47 Å². The SMILES string of the molecule is CCOc1ccccc1N(CC(=O)N[C@@H](CC)c1ccc(OC)cc1)S(=O)(=O)c1ccccc1. The number of hydrogen-bond acceptors (Lipinski definition) is 5. The summed E-state index contributed by atoms with van der Waals surface area (Å²) < 4.78 is 39.2. The molecule has 8 heteroatoms. The molecule has 0 unspecified atom stereocenters. The monoisotopic (exact) mass is 482 g/mol. The fourth-order valence-corrected chi connectivity index (χ4v) is 5.04. The molecule has 1 N–H and O–H groups in total. The molecule has 1 amide bonds. The highest BCUT2D eigenvalue weighted by atomic mass is 32.2. The maximum atomic E-state index is 13.6. The molecule has 7 nitrogen and oxygen atoms in total. The predicted octanol–water partition coefficient (Wildman–Crippen LogP) is 4.56. The number of para-hydroxylation sites is 2. The molecular formula is C26H30N2O5S. The average molecular weight is 483 g/mol. The lowest BCUT2D eigenvalue weighted by molar-refractivity contribution is -0.120. The van der Waals surface area contributed by atoms with Crippen LogP contribution in [0.25, 0.3) is 0 Å². The number of carbonyl (C=O) groups is 1. The maximum Gasteiger partial charge on any atom is 0.264 e. The smallest absolute Gasteiger partial charge is 0.264 e. The van der Waals surface area contributed by atoms with E-state index in [9.17, 15) is 13.2 Å². The van der Waals surface area contributed by atoms with Gasteiger partial charge in [-0.25, -0.2) is 8.42 Å². The van der Waals surface area contributed by atoms with E-state index in [0.717, 1.165) is 15.6 Å². The van der Waals surface area contributed by atoms with Crippen LogP contribution in [-0.4, -0.2) is 34.6 Å². The lowest BCUT2D eigenvalue weighted by atomic mass is 10.0. The highest BCUT2D eigenvalue weighted by Gasteiger charge is 2.30. The van der Waals surface area contributed by atoms with Gasteiger partial charge in [-0.05, 0) is 55.3 Å². The summed E-state index contributed by atoms with van der Waals surface area (Å²) in [5.74, 6) is 0.686. The van der Waals surface area contributed by atoms with Crippen molar-refractivity contribution in [2.75, 3.05) is 24.6 Å². The van der Waals surface area contributed by atoms with Gasteiger partial charge < -0.3 is 14.8 Å². The summed E-state index contributed by atoms with van der Waals surface area (Å²) in [4.78, 5) is 13.3. The Labute approximate surface area is 201 Å². The number of sulfonamides is 1. The van der Waals surface area contributed by atoms with Crippen LogP contribution in [0.4, 0.5) is 5.69 Å². The number of anilines is 1. The van der Waals surface area contributed by atoms with Crippen molar-refractivity contribution >= 4 is 21.6 Å². The van der Waals surface area contributed by atoms with Crippen LogP contribution < -0.4 is 19.1 Å². The van der Waals surface area contributed by atoms with Crippen LogP contribution in [0.3, 0.4) is 0 Å². The maximum absolute atomic E-state index is 13.6. The number of methoxy groups -OCH3 is 1. The van der Waals surface area contributed by atoms with Gasteiger partial charge in [0.15, 0.2) is 0 Å². The number of rotatable bonds is 11. The van der Waals surface area contributed by atoms with Crippen molar-refractivity contribution in [3.63, 3.8) is 0 Å². The first-order valence-electron chi connectivity index (χ1n) is 11.1. The lowest BCUT2D eigenvalue weighted by Crippen LogP contribution is -2.42. The second-order valence-corrected chi connectivity index (χ2v) is 9.39. The van der Waals surface area contributed by atoms with Crippen molar-refractivity contribution in [2.24, 2.45) is 0 Å². The minimum Gasteiger partial charge on any atom is -0.497 e. The number of carbonyl (C=O) groups excluding carboxylic acids is 1. The summed E-state index contributed by atoms with van der Waals surface area (Å²) in [6.45, 7) is 3.74. The third-order valence-electron chi connectivity index (χ3n) is 5.31. The Balaban J connectivity index is 1.93. The van der Waals surface area contributed by atoms with Gasteiger partial charge in [-0.1, -0.05) is 49.4 Å². The minimum atomic E-state index is -4.03. The molecule has 3 aromatic rings. The Morgan fingerprint density at radius 1 is 0.941 bits per heavy atom. The molecule has 34 heavy (non-hydrogen) atoms. The molecule has 0 bridgehead atoms. The number of ether oxygens (including phenoxy) is 2. The van der Waals surface area contributed by atoms with E-state index in [-0.39, 0.29) is 10.9 Å². The van der Waals surface area contributed by atoms with Gasteiger partial charge >= 0.3 is 0 Å². The van der Waals surface area contributed by atoms with Crippen LogP contribution in [0, 0.1) is 0 Å². The summed E-state index contributed by atoms with van der Waals surface area (Å²) >= 11 is 0. The zero-order chi connectivity index (χ0) is 24.6. The first kappa shape index (κ1) is 25.1. The Hall–Kier alpha value is -3.52. The number of nitrogens with one attached hydrogen (secondary N) is 1. The van der Waals surface area contributed by atoms with Crippen LogP contribution in [0.2, 0.25) is 0 Å². The molecule has 3 rings (SSSR count). The molecule has 0 saturated heterocycles. The first-order valence-corrected chi connectivity index (χ1v) is 12.6. The van der Waals surface area contributed by atoms with Crippen LogP contribution >= 0.6 is 0 Å². The second-order valence-electron chi connectivity index (χ2n) is 7.53. The lowest BCUT2D eigenvalue weighted by Gasteiger charge is -2.27. The quantitative estimate of drug-likeness (QED) is 0.433. The number of nitrogens with zero attached hydrogens (tertiary/aromatic N) is 1. The molecule has 0 fully saturated rings. The minimum absolute atomic E-state index is 0.0938. The van der Waals surface area contributed by atoms with Crippen molar-refractivity contribution < 1.29 is 22.7 Å². The molecular weight excluding hydrogens is 452 g/mol. The van der Waals surface area contributed by atoms with Crippen molar-refractivity contribution in [2.45, 2.75) is 31.2 Å². The van der Waals surface area contributed by atoms with Crippen molar-refractivity contribution in [3.05, 3.63) is 84.4 Å². The third kappa shape index (κ3) is 5.88. The van der Waals surface area contributed by atoms with Crippen LogP contribution in [0.1, 0.15) is 31.9 Å². The molecule has 0 spiro atoms. The zero-order valence-corrected chi connectivity index (χ0v) is 20.4. The van der Waals surface area contributed by atoms with Gasteiger partial charge in [-0.15, -0.1) is 0 Å². The topological polar surface area (TPSA) is 84.9 Å². The summed E-state index contributed by atoms with van der Waals surface area (Å²) in [7, 11) is -2.44. The molecule has 0 aliphatic heterocycles. The van der Waals surface area contributed by atoms with Gasteiger partial charge in [-0.2, -0.15) is 0 Å². The number of amides is 1. The van der Waals surface area contributed by atoms with E-state index in [2.05, 4.69) is 5.32 Å². The van der Waals surface area contributed by atoms with E-state index in [1.165, 1.54) is 12.1 Å². The number of hydrogen-bond donors (Lipinski definition) is 1. The highest BCUT2D eigenvalue weighted by Crippen LogP contribution is 2.32. The van der Waals surface area contributed by atoms with E-state index in [1.807, 2.05) is 38.1 Å². The van der Waals surface area contributed by atoms with E-state index in [0.29, 0.717) is 24.5 Å². The van der Waals surface area contributed by atoms with Gasteiger partial charge in [0, 0.05) is 0 Å². The summed E-state index contributed by atoms with van der Waals surface area (Å²) in [5.41, 5.74) is 1.21. The van der Waals surface area contributed by atoms with Crippen LogP contribution in [0.15, 0.2) is 83.8 Å². The molecule has 180 valence electrons. The van der Waals surface area contributed by atoms with Crippen molar-refractivity contribution in [3.8, 4) is 11.5 Å². The summed E-state index contributed by atoms with van der Waals surface area (Å²) in [5, 5.41) is 2.97. The molecule has 0 aliphatic carbocycles. The molecule has 0 aliphatic rings.